The normalized spacial score (nSPS) is 29.1. The summed E-state index contributed by atoms with van der Waals surface area (Å²) in [4.78, 5) is 2.69. The summed E-state index contributed by atoms with van der Waals surface area (Å²) in [6, 6.07) is 13.0. The highest BCUT2D eigenvalue weighted by molar-refractivity contribution is 5.15. The summed E-state index contributed by atoms with van der Waals surface area (Å²) in [5, 5.41) is 3.85. The molecule has 0 aromatic heterocycles. The van der Waals surface area contributed by atoms with Crippen molar-refractivity contribution in [3.8, 4) is 0 Å². The van der Waals surface area contributed by atoms with Crippen LogP contribution in [0.4, 0.5) is 0 Å². The standard InChI is InChI=1S/C17H26N2/c1-14(12-15-6-3-2-4-7-15)18-16-9-11-19-10-5-8-17(19)13-16/h2-4,6-7,14,16-18H,5,8-13H2,1H3. The Hall–Kier alpha value is -0.860. The Bertz CT molecular complexity index is 390. The second kappa shape index (κ2) is 6.06. The van der Waals surface area contributed by atoms with Crippen LogP contribution >= 0.6 is 0 Å². The molecule has 3 atom stereocenters. The van der Waals surface area contributed by atoms with Crippen molar-refractivity contribution in [1.82, 2.24) is 10.2 Å². The predicted octanol–water partition coefficient (Wildman–Crippen LogP) is 2.83. The lowest BCUT2D eigenvalue weighted by Gasteiger charge is -2.36. The van der Waals surface area contributed by atoms with E-state index in [-0.39, 0.29) is 0 Å². The number of rotatable bonds is 4. The van der Waals surface area contributed by atoms with Crippen molar-refractivity contribution < 1.29 is 0 Å². The van der Waals surface area contributed by atoms with E-state index < -0.39 is 0 Å². The number of fused-ring (bicyclic) bond motifs is 1. The summed E-state index contributed by atoms with van der Waals surface area (Å²) in [6.45, 7) is 4.98. The smallest absolute Gasteiger partial charge is 0.0111 e. The van der Waals surface area contributed by atoms with Crippen LogP contribution in [-0.2, 0) is 6.42 Å². The number of nitrogens with one attached hydrogen (secondary N) is 1. The fourth-order valence-corrected chi connectivity index (χ4v) is 3.80. The van der Waals surface area contributed by atoms with E-state index in [1.165, 1.54) is 44.3 Å². The van der Waals surface area contributed by atoms with Gasteiger partial charge in [-0.15, -0.1) is 0 Å². The minimum atomic E-state index is 0.584. The molecule has 0 amide bonds. The maximum atomic E-state index is 3.85. The maximum absolute atomic E-state index is 3.85. The van der Waals surface area contributed by atoms with E-state index in [9.17, 15) is 0 Å². The average Bonchev–Trinajstić information content (AvgIpc) is 2.87. The zero-order valence-electron chi connectivity index (χ0n) is 12.0. The molecule has 2 aliphatic rings. The average molecular weight is 258 g/mol. The molecule has 3 unspecified atom stereocenters. The zero-order valence-corrected chi connectivity index (χ0v) is 12.0. The van der Waals surface area contributed by atoms with Crippen LogP contribution in [0.25, 0.3) is 0 Å². The molecule has 0 aliphatic carbocycles. The number of hydrogen-bond donors (Lipinski definition) is 1. The van der Waals surface area contributed by atoms with Gasteiger partial charge < -0.3 is 10.2 Å². The van der Waals surface area contributed by atoms with Gasteiger partial charge in [-0.25, -0.2) is 0 Å². The van der Waals surface area contributed by atoms with Crippen molar-refractivity contribution in [2.45, 2.75) is 57.2 Å². The highest BCUT2D eigenvalue weighted by Gasteiger charge is 2.31. The van der Waals surface area contributed by atoms with Crippen LogP contribution in [-0.4, -0.2) is 36.1 Å². The molecule has 0 spiro atoms. The lowest BCUT2D eigenvalue weighted by molar-refractivity contribution is 0.162. The summed E-state index contributed by atoms with van der Waals surface area (Å²) in [7, 11) is 0. The number of benzene rings is 1. The van der Waals surface area contributed by atoms with E-state index in [0.29, 0.717) is 6.04 Å². The minimum absolute atomic E-state index is 0.584. The lowest BCUT2D eigenvalue weighted by Crippen LogP contribution is -2.48. The van der Waals surface area contributed by atoms with Gasteiger partial charge in [-0.3, -0.25) is 0 Å². The second-order valence-electron chi connectivity index (χ2n) is 6.31. The van der Waals surface area contributed by atoms with Crippen molar-refractivity contribution in [2.24, 2.45) is 0 Å². The van der Waals surface area contributed by atoms with Crippen molar-refractivity contribution in [3.63, 3.8) is 0 Å². The Kier molecular flexibility index (Phi) is 4.19. The molecule has 0 bridgehead atoms. The third-order valence-electron chi connectivity index (χ3n) is 4.73. The van der Waals surface area contributed by atoms with Crippen molar-refractivity contribution >= 4 is 0 Å². The van der Waals surface area contributed by atoms with Gasteiger partial charge in [-0.2, -0.15) is 0 Å². The first-order valence-electron chi connectivity index (χ1n) is 7.85. The van der Waals surface area contributed by atoms with Crippen LogP contribution in [0, 0.1) is 0 Å². The van der Waals surface area contributed by atoms with Crippen LogP contribution in [0.1, 0.15) is 38.2 Å². The van der Waals surface area contributed by atoms with Crippen molar-refractivity contribution in [1.29, 1.82) is 0 Å². The molecule has 104 valence electrons. The van der Waals surface area contributed by atoms with Crippen molar-refractivity contribution in [2.75, 3.05) is 13.1 Å². The van der Waals surface area contributed by atoms with E-state index in [2.05, 4.69) is 47.5 Å². The van der Waals surface area contributed by atoms with Gasteiger partial charge in [0.1, 0.15) is 0 Å². The fourth-order valence-electron chi connectivity index (χ4n) is 3.80. The molecule has 2 nitrogen and oxygen atoms in total. The Morgan fingerprint density at radius 1 is 1.21 bits per heavy atom. The number of piperidine rings is 1. The molecule has 0 radical (unpaired) electrons. The van der Waals surface area contributed by atoms with Gasteiger partial charge in [0, 0.05) is 18.1 Å². The number of nitrogens with zero attached hydrogens (tertiary/aromatic N) is 1. The van der Waals surface area contributed by atoms with Gasteiger partial charge >= 0.3 is 0 Å². The monoisotopic (exact) mass is 258 g/mol. The summed E-state index contributed by atoms with van der Waals surface area (Å²) in [6.07, 6.45) is 6.67. The van der Waals surface area contributed by atoms with Gasteiger partial charge in [-0.05, 0) is 57.7 Å². The van der Waals surface area contributed by atoms with E-state index >= 15 is 0 Å². The fraction of sp³-hybridized carbons (Fsp3) is 0.647. The number of hydrogen-bond acceptors (Lipinski definition) is 2. The Morgan fingerprint density at radius 2 is 2.05 bits per heavy atom. The largest absolute Gasteiger partial charge is 0.311 e. The molecular weight excluding hydrogens is 232 g/mol. The molecule has 2 heteroatoms. The Balaban J connectivity index is 1.48. The minimum Gasteiger partial charge on any atom is -0.311 e. The third kappa shape index (κ3) is 3.37. The summed E-state index contributed by atoms with van der Waals surface area (Å²) in [5.74, 6) is 0. The van der Waals surface area contributed by atoms with E-state index in [1.807, 2.05) is 0 Å². The van der Waals surface area contributed by atoms with Crippen LogP contribution in [0.3, 0.4) is 0 Å². The van der Waals surface area contributed by atoms with Crippen LogP contribution < -0.4 is 5.32 Å². The zero-order chi connectivity index (χ0) is 13.1. The molecule has 2 fully saturated rings. The van der Waals surface area contributed by atoms with Gasteiger partial charge in [0.15, 0.2) is 0 Å². The molecule has 0 saturated carbocycles. The van der Waals surface area contributed by atoms with Crippen LogP contribution in [0.2, 0.25) is 0 Å². The molecule has 3 rings (SSSR count). The highest BCUT2D eigenvalue weighted by atomic mass is 15.2. The topological polar surface area (TPSA) is 15.3 Å². The molecule has 2 heterocycles. The SMILES string of the molecule is CC(Cc1ccccc1)NC1CCN2CCCC2C1. The van der Waals surface area contributed by atoms with E-state index in [0.717, 1.165) is 18.5 Å². The summed E-state index contributed by atoms with van der Waals surface area (Å²) < 4.78 is 0. The Morgan fingerprint density at radius 3 is 2.89 bits per heavy atom. The van der Waals surface area contributed by atoms with E-state index in [4.69, 9.17) is 0 Å². The lowest BCUT2D eigenvalue weighted by atomic mass is 9.96. The van der Waals surface area contributed by atoms with Gasteiger partial charge in [0.2, 0.25) is 0 Å². The first kappa shape index (κ1) is 13.1. The second-order valence-corrected chi connectivity index (χ2v) is 6.31. The van der Waals surface area contributed by atoms with Crippen molar-refractivity contribution in [3.05, 3.63) is 35.9 Å². The first-order chi connectivity index (χ1) is 9.31. The van der Waals surface area contributed by atoms with Crippen LogP contribution in [0.5, 0.6) is 0 Å². The molecule has 1 aromatic rings. The molecular formula is C17H26N2. The van der Waals surface area contributed by atoms with Gasteiger partial charge in [0.05, 0.1) is 0 Å². The molecule has 2 aliphatic heterocycles. The summed E-state index contributed by atoms with van der Waals surface area (Å²) >= 11 is 0. The highest BCUT2D eigenvalue weighted by Crippen LogP contribution is 2.27. The first-order valence-corrected chi connectivity index (χ1v) is 7.85. The van der Waals surface area contributed by atoms with Crippen LogP contribution in [0.15, 0.2) is 30.3 Å². The summed E-state index contributed by atoms with van der Waals surface area (Å²) in [5.41, 5.74) is 1.45. The molecule has 1 aromatic carbocycles. The third-order valence-corrected chi connectivity index (χ3v) is 4.73. The molecule has 19 heavy (non-hydrogen) atoms. The quantitative estimate of drug-likeness (QED) is 0.893. The van der Waals surface area contributed by atoms with Gasteiger partial charge in [-0.1, -0.05) is 30.3 Å². The maximum Gasteiger partial charge on any atom is 0.0111 e. The van der Waals surface area contributed by atoms with E-state index in [1.54, 1.807) is 0 Å². The molecule has 1 N–H and O–H groups in total. The predicted molar refractivity (Wildman–Crippen MR) is 80.4 cm³/mol. The van der Waals surface area contributed by atoms with Gasteiger partial charge in [0.25, 0.3) is 0 Å². The Labute approximate surface area is 117 Å². The molecule has 2 saturated heterocycles.